The molecular formula is C43H58N8O4S. The maximum Gasteiger partial charge on any atom is 0.324 e. The minimum Gasteiger partial charge on any atom is -0.464 e. The average molecular weight is 783 g/mol. The number of esters is 1. The summed E-state index contributed by atoms with van der Waals surface area (Å²) in [5.41, 5.74) is 17.6. The maximum atomic E-state index is 13.6. The summed E-state index contributed by atoms with van der Waals surface area (Å²) in [7, 11) is 1.74. The van der Waals surface area contributed by atoms with E-state index in [0.29, 0.717) is 32.2 Å². The van der Waals surface area contributed by atoms with Crippen molar-refractivity contribution in [2.24, 2.45) is 17.1 Å². The van der Waals surface area contributed by atoms with Crippen LogP contribution in [0.5, 0.6) is 0 Å². The SMILES string of the molecule is CCn1c(-c2cc(N3CCN(C4CC(C)C4)CC3)cnc2[C@H](C)OC)c2c3cc(ccc31)-c1csc(n1)C[C@H](N)C(=O)N1CCC[C@H](N1)C(=O)OCC(C)(C)C2. The number of thiazole rings is 1. The van der Waals surface area contributed by atoms with E-state index in [1.54, 1.807) is 7.11 Å². The van der Waals surface area contributed by atoms with Crippen molar-refractivity contribution in [3.8, 4) is 22.5 Å². The van der Waals surface area contributed by atoms with Crippen LogP contribution in [0.1, 0.15) is 82.7 Å². The van der Waals surface area contributed by atoms with Gasteiger partial charge < -0.3 is 24.7 Å². The Kier molecular flexibility index (Phi) is 11.0. The minimum atomic E-state index is -0.784. The van der Waals surface area contributed by atoms with Crippen molar-refractivity contribution >= 4 is 39.8 Å². The van der Waals surface area contributed by atoms with E-state index in [4.69, 9.17) is 25.2 Å². The molecule has 6 bridgehead atoms. The van der Waals surface area contributed by atoms with E-state index in [-0.39, 0.29) is 24.6 Å². The Bertz CT molecular complexity index is 2080. The van der Waals surface area contributed by atoms with Gasteiger partial charge in [0.2, 0.25) is 0 Å². The van der Waals surface area contributed by atoms with Gasteiger partial charge in [-0.3, -0.25) is 24.5 Å². The molecule has 3 aromatic heterocycles. The molecule has 1 amide bonds. The second-order valence-corrected chi connectivity index (χ2v) is 18.2. The fourth-order valence-corrected chi connectivity index (χ4v) is 10.1. The number of hydrogen-bond donors (Lipinski definition) is 2. The van der Waals surface area contributed by atoms with Gasteiger partial charge in [0.25, 0.3) is 5.91 Å². The van der Waals surface area contributed by atoms with Crippen molar-refractivity contribution < 1.29 is 19.1 Å². The number of nitrogens with zero attached hydrogens (tertiary/aromatic N) is 6. The van der Waals surface area contributed by atoms with Crippen LogP contribution in [0.3, 0.4) is 0 Å². The third-order valence-corrected chi connectivity index (χ3v) is 13.4. The number of benzene rings is 1. The summed E-state index contributed by atoms with van der Waals surface area (Å²) < 4.78 is 14.5. The molecule has 1 aromatic carbocycles. The quantitative estimate of drug-likeness (QED) is 0.226. The number of methoxy groups -OCH3 is 1. The number of hydrogen-bond acceptors (Lipinski definition) is 11. The van der Waals surface area contributed by atoms with Crippen molar-refractivity contribution in [2.45, 2.75) is 104 Å². The third kappa shape index (κ3) is 7.60. The Morgan fingerprint density at radius 2 is 1.91 bits per heavy atom. The number of carbonyl (C=O) groups excluding carboxylic acids is 2. The van der Waals surface area contributed by atoms with E-state index in [9.17, 15) is 9.59 Å². The maximum absolute atomic E-state index is 13.6. The standard InChI is InChI=1S/C43H58N8O4S/c1-7-50-37-11-10-28-19-31(37)33(40(50)32-20-30(23-45-39(32)27(3)54-6)49-15-13-48(14-16-49)29-17-26(2)18-29)22-43(4,5)25-55-42(53)35-9-8-12-51(47-35)41(52)34(44)21-38-46-36(28)24-56-38/h10-11,19-20,23-24,26-27,29,34-35,47H,7-9,12-18,21-22,25,44H2,1-6H3/t26?,27-,29?,34-,35-/m0/s1. The molecule has 3 atom stereocenters. The first-order valence-corrected chi connectivity index (χ1v) is 21.4. The molecule has 13 heteroatoms. The summed E-state index contributed by atoms with van der Waals surface area (Å²) in [4.78, 5) is 42.3. The molecule has 4 aliphatic rings. The number of rotatable bonds is 6. The van der Waals surface area contributed by atoms with Gasteiger partial charge in [-0.25, -0.2) is 10.4 Å². The second-order valence-electron chi connectivity index (χ2n) is 17.3. The van der Waals surface area contributed by atoms with Crippen molar-refractivity contribution in [1.82, 2.24) is 29.9 Å². The Morgan fingerprint density at radius 1 is 1.12 bits per heavy atom. The normalized spacial score (nSPS) is 25.5. The molecule has 300 valence electrons. The number of aryl methyl sites for hydroxylation is 1. The highest BCUT2D eigenvalue weighted by Crippen LogP contribution is 2.43. The average Bonchev–Trinajstić information content (AvgIpc) is 3.79. The van der Waals surface area contributed by atoms with Crippen LogP contribution in [0, 0.1) is 11.3 Å². The number of ether oxygens (including phenoxy) is 2. The number of nitrogens with two attached hydrogens (primary N) is 1. The van der Waals surface area contributed by atoms with E-state index >= 15 is 0 Å². The molecule has 12 nitrogen and oxygen atoms in total. The molecule has 0 unspecified atom stereocenters. The molecule has 0 spiro atoms. The van der Waals surface area contributed by atoms with Crippen molar-refractivity contribution in [3.63, 3.8) is 0 Å². The first kappa shape index (κ1) is 39.0. The van der Waals surface area contributed by atoms with E-state index in [1.165, 1.54) is 34.8 Å². The molecule has 8 rings (SSSR count). The molecule has 1 saturated carbocycles. The van der Waals surface area contributed by atoms with Gasteiger partial charge in [0.05, 0.1) is 52.7 Å². The number of aromatic nitrogens is 3. The van der Waals surface area contributed by atoms with Gasteiger partial charge in [0.1, 0.15) is 6.04 Å². The predicted molar refractivity (Wildman–Crippen MR) is 221 cm³/mol. The van der Waals surface area contributed by atoms with Gasteiger partial charge in [-0.1, -0.05) is 26.8 Å². The number of nitrogens with one attached hydrogen (secondary N) is 1. The highest BCUT2D eigenvalue weighted by atomic mass is 32.1. The van der Waals surface area contributed by atoms with Crippen LogP contribution in [0.4, 0.5) is 5.69 Å². The number of anilines is 1. The number of fused-ring (bicyclic) bond motifs is 6. The van der Waals surface area contributed by atoms with Gasteiger partial charge in [0.15, 0.2) is 0 Å². The fraction of sp³-hybridized carbons (Fsp3) is 0.581. The van der Waals surface area contributed by atoms with Crippen LogP contribution in [-0.2, 0) is 38.4 Å². The number of hydrazine groups is 1. The number of amides is 1. The van der Waals surface area contributed by atoms with Gasteiger partial charge >= 0.3 is 5.97 Å². The molecule has 6 heterocycles. The molecule has 3 fully saturated rings. The Morgan fingerprint density at radius 3 is 2.64 bits per heavy atom. The smallest absolute Gasteiger partial charge is 0.324 e. The zero-order valence-electron chi connectivity index (χ0n) is 33.8. The highest BCUT2D eigenvalue weighted by Gasteiger charge is 2.36. The largest absolute Gasteiger partial charge is 0.464 e. The van der Waals surface area contributed by atoms with Crippen LogP contribution in [0.15, 0.2) is 35.8 Å². The highest BCUT2D eigenvalue weighted by molar-refractivity contribution is 7.10. The lowest BCUT2D eigenvalue weighted by atomic mass is 9.80. The zero-order chi connectivity index (χ0) is 39.3. The van der Waals surface area contributed by atoms with Gasteiger partial charge in [0, 0.05) is 91.7 Å². The Hall–Kier alpha value is -3.88. The lowest BCUT2D eigenvalue weighted by molar-refractivity contribution is -0.154. The van der Waals surface area contributed by atoms with E-state index < -0.39 is 17.5 Å². The number of carbonyl (C=O) groups is 2. The summed E-state index contributed by atoms with van der Waals surface area (Å²) >= 11 is 1.52. The predicted octanol–water partition coefficient (Wildman–Crippen LogP) is 5.97. The van der Waals surface area contributed by atoms with Crippen LogP contribution < -0.4 is 16.1 Å². The topological polar surface area (TPSA) is 131 Å². The molecule has 56 heavy (non-hydrogen) atoms. The van der Waals surface area contributed by atoms with E-state index in [0.717, 1.165) is 94.5 Å². The Balaban J connectivity index is 1.24. The van der Waals surface area contributed by atoms with Crippen molar-refractivity contribution in [2.75, 3.05) is 51.3 Å². The summed E-state index contributed by atoms with van der Waals surface area (Å²) in [6.07, 6.45) is 6.65. The summed E-state index contributed by atoms with van der Waals surface area (Å²) in [5, 5.41) is 5.49. The summed E-state index contributed by atoms with van der Waals surface area (Å²) in [5.74, 6) is 0.243. The fourth-order valence-electron chi connectivity index (χ4n) is 9.19. The van der Waals surface area contributed by atoms with Crippen LogP contribution in [0.25, 0.3) is 33.4 Å². The summed E-state index contributed by atoms with van der Waals surface area (Å²) in [6, 6.07) is 8.27. The molecule has 1 aliphatic carbocycles. The first-order chi connectivity index (χ1) is 26.9. The van der Waals surface area contributed by atoms with Crippen LogP contribution in [0.2, 0.25) is 0 Å². The number of pyridine rings is 1. The van der Waals surface area contributed by atoms with Gasteiger partial charge in [-0.2, -0.15) is 0 Å². The van der Waals surface area contributed by atoms with Crippen LogP contribution in [-0.4, -0.2) is 101 Å². The van der Waals surface area contributed by atoms with Gasteiger partial charge in [-0.15, -0.1) is 11.3 Å². The number of cyclic esters (lactones) is 1. The molecule has 2 saturated heterocycles. The van der Waals surface area contributed by atoms with Crippen molar-refractivity contribution in [3.05, 3.63) is 52.1 Å². The van der Waals surface area contributed by atoms with Crippen LogP contribution >= 0.6 is 11.3 Å². The number of piperazine rings is 1. The lowest BCUT2D eigenvalue weighted by Gasteiger charge is -2.46. The molecule has 3 aliphatic heterocycles. The minimum absolute atomic E-state index is 0.217. The zero-order valence-corrected chi connectivity index (χ0v) is 34.7. The molecule has 4 aromatic rings. The van der Waals surface area contributed by atoms with Gasteiger partial charge in [-0.05, 0) is 75.6 Å². The molecular weight excluding hydrogens is 725 g/mol. The summed E-state index contributed by atoms with van der Waals surface area (Å²) in [6.45, 7) is 16.5. The first-order valence-electron chi connectivity index (χ1n) is 20.5. The van der Waals surface area contributed by atoms with E-state index in [2.05, 4.69) is 84.1 Å². The second kappa shape index (κ2) is 15.8. The monoisotopic (exact) mass is 782 g/mol. The lowest BCUT2D eigenvalue weighted by Crippen LogP contribution is -2.59. The molecule has 0 radical (unpaired) electrons. The Labute approximate surface area is 334 Å². The molecule has 3 N–H and O–H groups in total. The third-order valence-electron chi connectivity index (χ3n) is 12.5. The van der Waals surface area contributed by atoms with Crippen molar-refractivity contribution in [1.29, 1.82) is 0 Å². The van der Waals surface area contributed by atoms with E-state index in [1.807, 2.05) is 6.20 Å².